The van der Waals surface area contributed by atoms with E-state index in [1.165, 1.54) is 13.0 Å². The molecular formula is C18H18ClN4O3+. The number of ketones is 1. The number of amides is 1. The van der Waals surface area contributed by atoms with E-state index in [0.717, 1.165) is 5.69 Å². The maximum atomic E-state index is 11.7. The Morgan fingerprint density at radius 3 is 2.69 bits per heavy atom. The van der Waals surface area contributed by atoms with Gasteiger partial charge < -0.3 is 5.11 Å². The van der Waals surface area contributed by atoms with Crippen molar-refractivity contribution in [1.82, 2.24) is 5.43 Å². The van der Waals surface area contributed by atoms with Gasteiger partial charge in [-0.25, -0.2) is 5.84 Å². The molecule has 3 rings (SSSR count). The molecule has 0 spiro atoms. The quantitative estimate of drug-likeness (QED) is 0.251. The normalized spacial score (nSPS) is 13.6. The molecule has 26 heavy (non-hydrogen) atoms. The van der Waals surface area contributed by atoms with Crippen LogP contribution in [0.25, 0.3) is 0 Å². The van der Waals surface area contributed by atoms with Crippen LogP contribution >= 0.6 is 12.4 Å². The third-order valence-electron chi connectivity index (χ3n) is 3.85. The van der Waals surface area contributed by atoms with Gasteiger partial charge in [0.2, 0.25) is 11.6 Å². The van der Waals surface area contributed by atoms with Crippen LogP contribution in [0.15, 0.2) is 47.5 Å². The van der Waals surface area contributed by atoms with Crippen molar-refractivity contribution >= 4 is 47.5 Å². The third-order valence-corrected chi connectivity index (χ3v) is 3.85. The van der Waals surface area contributed by atoms with Gasteiger partial charge in [0.05, 0.1) is 5.56 Å². The van der Waals surface area contributed by atoms with Gasteiger partial charge in [-0.05, 0) is 42.2 Å². The molecule has 0 aliphatic carbocycles. The van der Waals surface area contributed by atoms with E-state index in [-0.39, 0.29) is 36.3 Å². The molecule has 0 saturated carbocycles. The number of halogens is 1. The molecule has 0 atom stereocenters. The number of aromatic hydroxyl groups is 1. The van der Waals surface area contributed by atoms with Crippen LogP contribution in [0, 0.1) is 0 Å². The van der Waals surface area contributed by atoms with E-state index in [1.807, 2.05) is 24.3 Å². The van der Waals surface area contributed by atoms with Crippen molar-refractivity contribution in [2.45, 2.75) is 13.3 Å². The summed E-state index contributed by atoms with van der Waals surface area (Å²) in [5, 5.41) is 10.1. The van der Waals surface area contributed by atoms with Crippen molar-refractivity contribution in [3.8, 4) is 5.75 Å². The van der Waals surface area contributed by atoms with E-state index < -0.39 is 0 Å². The number of carbonyl (C=O) groups excluding carboxylic acids is 2. The summed E-state index contributed by atoms with van der Waals surface area (Å²) in [6.07, 6.45) is 1.63. The number of hydrazine groups is 1. The monoisotopic (exact) mass is 373 g/mol. The lowest BCUT2D eigenvalue weighted by Gasteiger charge is -2.04. The number of rotatable bonds is 4. The topological polar surface area (TPSA) is 108 Å². The second-order valence-electron chi connectivity index (χ2n) is 5.59. The minimum Gasteiger partial charge on any atom is -0.507 e. The number of nitrogens with one attached hydrogen (secondary N) is 1. The van der Waals surface area contributed by atoms with Gasteiger partial charge >= 0.3 is 5.84 Å². The standard InChI is InChI=1S/C18H16N4O3.ClH/c1-11(23)12-6-7-16(24)13(8-12)10-22-15-5-3-2-4-14(15)20-17(22)9-18(25)21-19;/h2-8,10H,9,19H2,1H3,(H,21,25);1H/p+1. The maximum Gasteiger partial charge on any atom is 0.314 e. The Kier molecular flexibility index (Phi) is 5.86. The smallest absolute Gasteiger partial charge is 0.314 e. The SMILES string of the molecule is CC(=O)c1ccc(O)c(C=[N+]2C(CC(=O)NN)=Nc3ccccc32)c1.Cl. The van der Waals surface area contributed by atoms with E-state index in [4.69, 9.17) is 5.84 Å². The van der Waals surface area contributed by atoms with Gasteiger partial charge in [-0.1, -0.05) is 12.1 Å². The first-order chi connectivity index (χ1) is 12.0. The van der Waals surface area contributed by atoms with Crippen LogP contribution in [0.4, 0.5) is 11.4 Å². The molecule has 0 bridgehead atoms. The lowest BCUT2D eigenvalue weighted by molar-refractivity contribution is -0.296. The number of nitrogens with zero attached hydrogens (tertiary/aromatic N) is 2. The number of carbonyl (C=O) groups is 2. The summed E-state index contributed by atoms with van der Waals surface area (Å²) >= 11 is 0. The van der Waals surface area contributed by atoms with Crippen LogP contribution in [-0.4, -0.2) is 33.4 Å². The summed E-state index contributed by atoms with van der Waals surface area (Å²) in [5.74, 6) is 5.18. The minimum atomic E-state index is -0.383. The zero-order valence-corrected chi connectivity index (χ0v) is 14.8. The zero-order chi connectivity index (χ0) is 18.0. The number of fused-ring (bicyclic) bond motifs is 1. The summed E-state index contributed by atoms with van der Waals surface area (Å²) in [5.41, 5.74) is 4.50. The van der Waals surface area contributed by atoms with Crippen LogP contribution in [0.3, 0.4) is 0 Å². The van der Waals surface area contributed by atoms with Crippen molar-refractivity contribution in [3.05, 3.63) is 53.6 Å². The van der Waals surface area contributed by atoms with Crippen LogP contribution in [0.5, 0.6) is 5.75 Å². The van der Waals surface area contributed by atoms with Gasteiger partial charge in [-0.3, -0.25) is 15.0 Å². The molecule has 1 amide bonds. The van der Waals surface area contributed by atoms with Gasteiger partial charge in [0.1, 0.15) is 18.4 Å². The highest BCUT2D eigenvalue weighted by Crippen LogP contribution is 2.34. The molecule has 0 saturated heterocycles. The predicted octanol–water partition coefficient (Wildman–Crippen LogP) is 2.20. The van der Waals surface area contributed by atoms with Crippen molar-refractivity contribution in [1.29, 1.82) is 0 Å². The number of benzene rings is 2. The van der Waals surface area contributed by atoms with Gasteiger partial charge in [0.15, 0.2) is 11.5 Å². The van der Waals surface area contributed by atoms with Gasteiger partial charge in [0, 0.05) is 5.56 Å². The van der Waals surface area contributed by atoms with Crippen LogP contribution in [0.2, 0.25) is 0 Å². The molecule has 1 aliphatic heterocycles. The molecule has 8 heteroatoms. The third kappa shape index (κ3) is 3.79. The van der Waals surface area contributed by atoms with Crippen molar-refractivity contribution in [3.63, 3.8) is 0 Å². The number of nitrogens with two attached hydrogens (primary N) is 1. The summed E-state index contributed by atoms with van der Waals surface area (Å²) in [6, 6.07) is 12.0. The van der Waals surface area contributed by atoms with Gasteiger partial charge in [-0.2, -0.15) is 4.58 Å². The molecule has 7 nitrogen and oxygen atoms in total. The maximum absolute atomic E-state index is 11.7. The number of phenols is 1. The molecule has 1 heterocycles. The minimum absolute atomic E-state index is 0. The first kappa shape index (κ1) is 19.3. The summed E-state index contributed by atoms with van der Waals surface area (Å²) in [4.78, 5) is 27.7. The Balaban J connectivity index is 0.00000243. The Labute approximate surface area is 156 Å². The second kappa shape index (κ2) is 7.90. The number of Topliss-reactive ketones (excluding diaryl/α,β-unsaturated/α-hetero) is 1. The lowest BCUT2D eigenvalue weighted by atomic mass is 10.1. The lowest BCUT2D eigenvalue weighted by Crippen LogP contribution is -2.33. The van der Waals surface area contributed by atoms with Gasteiger partial charge in [0.25, 0.3) is 0 Å². The number of hydrogen-bond donors (Lipinski definition) is 3. The average Bonchev–Trinajstić information content (AvgIpc) is 2.93. The van der Waals surface area contributed by atoms with E-state index in [2.05, 4.69) is 10.4 Å². The van der Waals surface area contributed by atoms with Crippen molar-refractivity contribution in [2.75, 3.05) is 0 Å². The molecule has 134 valence electrons. The molecule has 4 N–H and O–H groups in total. The highest BCUT2D eigenvalue weighted by molar-refractivity contribution is 6.03. The molecule has 0 unspecified atom stereocenters. The largest absolute Gasteiger partial charge is 0.507 e. The molecule has 2 aromatic rings. The highest BCUT2D eigenvalue weighted by Gasteiger charge is 2.31. The Hall–Kier alpha value is -3.03. The number of phenolic OH excluding ortho intramolecular Hbond substituents is 1. The molecule has 0 aromatic heterocycles. The van der Waals surface area contributed by atoms with Crippen LogP contribution < -0.4 is 11.3 Å². The predicted molar refractivity (Wildman–Crippen MR) is 101 cm³/mol. The Bertz CT molecular complexity index is 938. The second-order valence-corrected chi connectivity index (χ2v) is 5.59. The van der Waals surface area contributed by atoms with E-state index >= 15 is 0 Å². The molecular weight excluding hydrogens is 356 g/mol. The summed E-state index contributed by atoms with van der Waals surface area (Å²) in [6.45, 7) is 1.46. The number of amidine groups is 1. The zero-order valence-electron chi connectivity index (χ0n) is 14.0. The first-order valence-electron chi connectivity index (χ1n) is 7.63. The summed E-state index contributed by atoms with van der Waals surface area (Å²) in [7, 11) is 0. The van der Waals surface area contributed by atoms with Crippen molar-refractivity contribution in [2.24, 2.45) is 10.8 Å². The molecule has 0 fully saturated rings. The number of aliphatic imine (C=N–C) groups is 1. The van der Waals surface area contributed by atoms with Crippen LogP contribution in [-0.2, 0) is 4.79 Å². The van der Waals surface area contributed by atoms with E-state index in [1.54, 1.807) is 22.9 Å². The average molecular weight is 374 g/mol. The number of para-hydroxylation sites is 2. The van der Waals surface area contributed by atoms with Crippen LogP contribution in [0.1, 0.15) is 29.3 Å². The fourth-order valence-corrected chi connectivity index (χ4v) is 2.57. The highest BCUT2D eigenvalue weighted by atomic mass is 35.5. The van der Waals surface area contributed by atoms with Crippen molar-refractivity contribution < 1.29 is 19.3 Å². The Morgan fingerprint density at radius 2 is 2.00 bits per heavy atom. The fourth-order valence-electron chi connectivity index (χ4n) is 2.57. The van der Waals surface area contributed by atoms with Gasteiger partial charge in [-0.15, -0.1) is 12.4 Å². The Morgan fingerprint density at radius 1 is 1.27 bits per heavy atom. The number of hydrogen-bond acceptors (Lipinski definition) is 5. The fraction of sp³-hybridized carbons (Fsp3) is 0.111. The first-order valence-corrected chi connectivity index (χ1v) is 7.63. The van der Waals surface area contributed by atoms with E-state index in [0.29, 0.717) is 22.6 Å². The molecule has 1 aliphatic rings. The summed E-state index contributed by atoms with van der Waals surface area (Å²) < 4.78 is 1.71. The molecule has 0 radical (unpaired) electrons. The van der Waals surface area contributed by atoms with E-state index in [9.17, 15) is 14.7 Å². The molecule has 2 aromatic carbocycles.